The number of hydrogen-bond donors (Lipinski definition) is 0. The van der Waals surface area contributed by atoms with E-state index in [2.05, 4.69) is 10.7 Å². The average molecular weight is 303 g/mol. The Labute approximate surface area is 129 Å². The van der Waals surface area contributed by atoms with Gasteiger partial charge in [0.1, 0.15) is 0 Å². The van der Waals surface area contributed by atoms with Crippen LogP contribution in [0.25, 0.3) is 0 Å². The number of hydroxylamine groups is 2. The number of rotatable bonds is 6. The second-order valence-electron chi connectivity index (χ2n) is 4.27. The Morgan fingerprint density at radius 2 is 1.86 bits per heavy atom. The van der Waals surface area contributed by atoms with Crippen LogP contribution in [0.15, 0.2) is 30.3 Å². The summed E-state index contributed by atoms with van der Waals surface area (Å²) >= 11 is 0. The monoisotopic (exact) mass is 303 g/mol. The molecule has 0 aromatic heterocycles. The molecule has 0 heterocycles. The van der Waals surface area contributed by atoms with Gasteiger partial charge in [-0.05, 0) is 12.1 Å². The molecular formula is C16H17NO5. The summed E-state index contributed by atoms with van der Waals surface area (Å²) in [6.07, 6.45) is 5.17. The highest BCUT2D eigenvalue weighted by Crippen LogP contribution is 2.07. The lowest BCUT2D eigenvalue weighted by Crippen LogP contribution is -2.34. The third kappa shape index (κ3) is 5.67. The number of hydrogen-bond acceptors (Lipinski definition) is 5. The number of esters is 1. The van der Waals surface area contributed by atoms with Crippen LogP contribution in [0.5, 0.6) is 0 Å². The third-order valence-corrected chi connectivity index (χ3v) is 2.71. The summed E-state index contributed by atoms with van der Waals surface area (Å²) in [5, 5.41) is 0.887. The Hall–Kier alpha value is -2.81. The van der Waals surface area contributed by atoms with Crippen LogP contribution in [0.2, 0.25) is 0 Å². The third-order valence-electron chi connectivity index (χ3n) is 2.71. The van der Waals surface area contributed by atoms with E-state index in [-0.39, 0.29) is 25.8 Å². The van der Waals surface area contributed by atoms with E-state index in [1.165, 1.54) is 7.11 Å². The highest BCUT2D eigenvalue weighted by atomic mass is 16.7. The Kier molecular flexibility index (Phi) is 7.20. The number of nitrogens with zero attached hydrogens (tertiary/aromatic N) is 1. The zero-order valence-electron chi connectivity index (χ0n) is 12.3. The van der Waals surface area contributed by atoms with Gasteiger partial charge in [0.25, 0.3) is 5.91 Å². The Bertz CT molecular complexity index is 562. The molecule has 0 saturated carbocycles. The number of benzene rings is 1. The van der Waals surface area contributed by atoms with Gasteiger partial charge in [-0.25, -0.2) is 4.79 Å². The minimum Gasteiger partial charge on any atom is -0.469 e. The topological polar surface area (TPSA) is 72.9 Å². The first kappa shape index (κ1) is 17.2. The fourth-order valence-electron chi connectivity index (χ4n) is 1.55. The minimum atomic E-state index is -0.663. The van der Waals surface area contributed by atoms with Gasteiger partial charge < -0.3 is 9.57 Å². The highest BCUT2D eigenvalue weighted by Gasteiger charge is 2.20. The standard InChI is InChI=1S/C16H17NO5/c1-3-4-12-17(14(18)10-11-15(19)21-2)22-16(20)13-8-6-5-7-9-13/h1,5-9H,4,10-12H2,2H3. The summed E-state index contributed by atoms with van der Waals surface area (Å²) in [5.41, 5.74) is 0.314. The molecule has 0 unspecified atom stereocenters. The SMILES string of the molecule is C#CCCN(OC(=O)c1ccccc1)C(=O)CCC(=O)OC. The molecule has 1 amide bonds. The predicted molar refractivity (Wildman–Crippen MR) is 78.3 cm³/mol. The van der Waals surface area contributed by atoms with Gasteiger partial charge in [-0.1, -0.05) is 18.2 Å². The van der Waals surface area contributed by atoms with Crippen molar-refractivity contribution >= 4 is 17.8 Å². The normalized spacial score (nSPS) is 9.45. The lowest BCUT2D eigenvalue weighted by Gasteiger charge is -2.20. The number of amides is 1. The van der Waals surface area contributed by atoms with Crippen molar-refractivity contribution in [2.75, 3.05) is 13.7 Å². The summed E-state index contributed by atoms with van der Waals surface area (Å²) in [5.74, 6) is 0.679. The smallest absolute Gasteiger partial charge is 0.363 e. The number of carbonyl (C=O) groups excluding carboxylic acids is 3. The van der Waals surface area contributed by atoms with Gasteiger partial charge in [-0.3, -0.25) is 9.59 Å². The molecule has 0 radical (unpaired) electrons. The van der Waals surface area contributed by atoms with Gasteiger partial charge >= 0.3 is 11.9 Å². The van der Waals surface area contributed by atoms with Crippen LogP contribution in [-0.2, 0) is 19.2 Å². The number of ether oxygens (including phenoxy) is 1. The van der Waals surface area contributed by atoms with Crippen LogP contribution in [-0.4, -0.2) is 36.6 Å². The molecule has 6 heteroatoms. The Morgan fingerprint density at radius 1 is 1.18 bits per heavy atom. The molecule has 0 atom stereocenters. The number of methoxy groups -OCH3 is 1. The second kappa shape index (κ2) is 9.19. The molecule has 6 nitrogen and oxygen atoms in total. The quantitative estimate of drug-likeness (QED) is 0.453. The van der Waals surface area contributed by atoms with Gasteiger partial charge in [-0.2, -0.15) is 5.06 Å². The molecule has 0 aliphatic carbocycles. The maximum absolute atomic E-state index is 12.0. The van der Waals surface area contributed by atoms with E-state index >= 15 is 0 Å². The zero-order valence-corrected chi connectivity index (χ0v) is 12.3. The summed E-state index contributed by atoms with van der Waals surface area (Å²) in [6.45, 7) is 0.0646. The van der Waals surface area contributed by atoms with Crippen LogP contribution in [0, 0.1) is 12.3 Å². The molecule has 1 aromatic rings. The van der Waals surface area contributed by atoms with E-state index < -0.39 is 17.8 Å². The summed E-state index contributed by atoms with van der Waals surface area (Å²) in [4.78, 5) is 40.1. The number of terminal acetylenes is 1. The molecule has 1 rings (SSSR count). The van der Waals surface area contributed by atoms with E-state index in [0.29, 0.717) is 5.56 Å². The van der Waals surface area contributed by atoms with Crippen molar-refractivity contribution in [3.05, 3.63) is 35.9 Å². The lowest BCUT2D eigenvalue weighted by atomic mass is 10.2. The number of carbonyl (C=O) groups is 3. The van der Waals surface area contributed by atoms with Crippen molar-refractivity contribution in [3.63, 3.8) is 0 Å². The molecule has 0 aliphatic heterocycles. The van der Waals surface area contributed by atoms with Gasteiger partial charge in [0.15, 0.2) is 0 Å². The molecule has 0 aliphatic rings. The highest BCUT2D eigenvalue weighted by molar-refractivity contribution is 5.90. The molecule has 1 aromatic carbocycles. The van der Waals surface area contributed by atoms with Crippen molar-refractivity contribution in [3.8, 4) is 12.3 Å². The van der Waals surface area contributed by atoms with Crippen LogP contribution < -0.4 is 0 Å². The fourth-order valence-corrected chi connectivity index (χ4v) is 1.55. The molecule has 0 saturated heterocycles. The lowest BCUT2D eigenvalue weighted by molar-refractivity contribution is -0.168. The molecule has 0 fully saturated rings. The van der Waals surface area contributed by atoms with E-state index in [1.54, 1.807) is 30.3 Å². The first-order valence-corrected chi connectivity index (χ1v) is 6.66. The van der Waals surface area contributed by atoms with Gasteiger partial charge in [0, 0.05) is 12.8 Å². The fraction of sp³-hybridized carbons (Fsp3) is 0.312. The van der Waals surface area contributed by atoms with E-state index in [1.807, 2.05) is 0 Å². The summed E-state index contributed by atoms with van der Waals surface area (Å²) in [6, 6.07) is 8.26. The molecule has 0 bridgehead atoms. The second-order valence-corrected chi connectivity index (χ2v) is 4.27. The Balaban J connectivity index is 2.67. The van der Waals surface area contributed by atoms with Crippen LogP contribution in [0.4, 0.5) is 0 Å². The molecular weight excluding hydrogens is 286 g/mol. The van der Waals surface area contributed by atoms with Crippen LogP contribution in [0.3, 0.4) is 0 Å². The first-order chi connectivity index (χ1) is 10.6. The maximum atomic E-state index is 12.0. The largest absolute Gasteiger partial charge is 0.469 e. The van der Waals surface area contributed by atoms with Gasteiger partial charge in [-0.15, -0.1) is 12.3 Å². The van der Waals surface area contributed by atoms with Gasteiger partial charge in [0.05, 0.1) is 25.6 Å². The molecule has 22 heavy (non-hydrogen) atoms. The van der Waals surface area contributed by atoms with Crippen molar-refractivity contribution in [1.29, 1.82) is 0 Å². The van der Waals surface area contributed by atoms with Crippen LogP contribution in [0.1, 0.15) is 29.6 Å². The summed E-state index contributed by atoms with van der Waals surface area (Å²) in [7, 11) is 1.23. The molecule has 0 spiro atoms. The van der Waals surface area contributed by atoms with E-state index in [4.69, 9.17) is 11.3 Å². The Morgan fingerprint density at radius 3 is 2.45 bits per heavy atom. The summed E-state index contributed by atoms with van der Waals surface area (Å²) < 4.78 is 4.46. The van der Waals surface area contributed by atoms with Crippen LogP contribution >= 0.6 is 0 Å². The van der Waals surface area contributed by atoms with Crippen molar-refractivity contribution < 1.29 is 24.0 Å². The van der Waals surface area contributed by atoms with Crippen molar-refractivity contribution in [2.24, 2.45) is 0 Å². The van der Waals surface area contributed by atoms with Crippen molar-refractivity contribution in [1.82, 2.24) is 5.06 Å². The zero-order chi connectivity index (χ0) is 16.4. The van der Waals surface area contributed by atoms with E-state index in [9.17, 15) is 14.4 Å². The average Bonchev–Trinajstić information content (AvgIpc) is 2.56. The maximum Gasteiger partial charge on any atom is 0.363 e. The first-order valence-electron chi connectivity index (χ1n) is 6.66. The molecule has 116 valence electrons. The van der Waals surface area contributed by atoms with Crippen molar-refractivity contribution in [2.45, 2.75) is 19.3 Å². The van der Waals surface area contributed by atoms with Gasteiger partial charge in [0.2, 0.25) is 0 Å². The minimum absolute atomic E-state index is 0.0646. The molecule has 0 N–H and O–H groups in total. The predicted octanol–water partition coefficient (Wildman–Crippen LogP) is 1.56. The van der Waals surface area contributed by atoms with E-state index in [0.717, 1.165) is 5.06 Å².